The van der Waals surface area contributed by atoms with Crippen molar-refractivity contribution in [3.8, 4) is 17.0 Å². The number of aryl methyl sites for hydroxylation is 1. The fraction of sp³-hybridized carbons (Fsp3) is 0.267. The first kappa shape index (κ1) is 29.5. The van der Waals surface area contributed by atoms with Crippen molar-refractivity contribution < 1.29 is 27.8 Å². The molecule has 1 aliphatic rings. The van der Waals surface area contributed by atoms with Crippen molar-refractivity contribution in [3.05, 3.63) is 67.5 Å². The average Bonchev–Trinajstić information content (AvgIpc) is 3.34. The molecule has 0 bridgehead atoms. The second-order valence-electron chi connectivity index (χ2n) is 9.85. The van der Waals surface area contributed by atoms with Crippen molar-refractivity contribution in [1.29, 1.82) is 0 Å². The summed E-state index contributed by atoms with van der Waals surface area (Å²) >= 11 is 0. The van der Waals surface area contributed by atoms with Crippen molar-refractivity contribution in [2.24, 2.45) is 7.05 Å². The van der Waals surface area contributed by atoms with Gasteiger partial charge in [0.2, 0.25) is 17.8 Å². The van der Waals surface area contributed by atoms with Crippen molar-refractivity contribution in [1.82, 2.24) is 19.4 Å². The van der Waals surface area contributed by atoms with E-state index >= 15 is 0 Å². The van der Waals surface area contributed by atoms with Gasteiger partial charge in [0.25, 0.3) is 0 Å². The average molecular weight is 592 g/mol. The van der Waals surface area contributed by atoms with Gasteiger partial charge >= 0.3 is 6.61 Å². The first-order chi connectivity index (χ1) is 20.7. The molecule has 0 spiro atoms. The van der Waals surface area contributed by atoms with E-state index in [0.29, 0.717) is 43.3 Å². The molecule has 0 radical (unpaired) electrons. The van der Waals surface area contributed by atoms with Gasteiger partial charge in [-0.05, 0) is 24.3 Å². The molecule has 0 saturated carbocycles. The number of alkyl halides is 2. The van der Waals surface area contributed by atoms with E-state index in [1.165, 1.54) is 12.1 Å². The SMILES string of the molecule is C=CC(=O)Nc1cc(Nc2nccc(-c3cn(C)c4ccccc34)n2)c(OC(F)F)cc1N(C)CCN1CCOCC1=O. The Balaban J connectivity index is 1.48. The Labute approximate surface area is 246 Å². The third kappa shape index (κ3) is 6.72. The number of rotatable bonds is 11. The molecule has 11 nitrogen and oxygen atoms in total. The Hall–Kier alpha value is -5.04. The number of morpholine rings is 1. The van der Waals surface area contributed by atoms with Crippen molar-refractivity contribution in [2.75, 3.05) is 55.4 Å². The Morgan fingerprint density at radius 2 is 2.07 bits per heavy atom. The van der Waals surface area contributed by atoms with Gasteiger partial charge in [-0.2, -0.15) is 8.78 Å². The predicted octanol–water partition coefficient (Wildman–Crippen LogP) is 4.40. The number of likely N-dealkylation sites (N-methyl/N-ethyl adjacent to an activating group) is 1. The van der Waals surface area contributed by atoms with E-state index in [2.05, 4.69) is 27.2 Å². The molecule has 1 fully saturated rings. The number of fused-ring (bicyclic) bond motifs is 1. The number of aromatic nitrogens is 3. The number of carbonyl (C=O) groups is 2. The second kappa shape index (κ2) is 12.9. The fourth-order valence-corrected chi connectivity index (χ4v) is 4.87. The van der Waals surface area contributed by atoms with Crippen LogP contribution in [0.5, 0.6) is 5.75 Å². The van der Waals surface area contributed by atoms with Crippen LogP contribution in [0.1, 0.15) is 0 Å². The number of anilines is 4. The third-order valence-electron chi connectivity index (χ3n) is 7.03. The van der Waals surface area contributed by atoms with Crippen LogP contribution in [-0.2, 0) is 21.4 Å². The molecule has 224 valence electrons. The molecule has 1 saturated heterocycles. The van der Waals surface area contributed by atoms with Gasteiger partial charge < -0.3 is 34.5 Å². The minimum atomic E-state index is -3.12. The highest BCUT2D eigenvalue weighted by atomic mass is 19.3. The summed E-state index contributed by atoms with van der Waals surface area (Å²) < 4.78 is 39.2. The van der Waals surface area contributed by atoms with Crippen LogP contribution in [0.2, 0.25) is 0 Å². The molecule has 2 N–H and O–H groups in total. The van der Waals surface area contributed by atoms with Crippen LogP contribution < -0.4 is 20.3 Å². The zero-order chi connectivity index (χ0) is 30.5. The number of halogens is 2. The van der Waals surface area contributed by atoms with Crippen LogP contribution in [0.25, 0.3) is 22.2 Å². The Bertz CT molecular complexity index is 1660. The second-order valence-corrected chi connectivity index (χ2v) is 9.85. The van der Waals surface area contributed by atoms with Crippen molar-refractivity contribution in [2.45, 2.75) is 6.61 Å². The van der Waals surface area contributed by atoms with Gasteiger partial charge in [0.05, 0.1) is 29.4 Å². The number of ether oxygens (including phenoxy) is 2. The Morgan fingerprint density at radius 1 is 1.26 bits per heavy atom. The maximum absolute atomic E-state index is 13.6. The van der Waals surface area contributed by atoms with Gasteiger partial charge in [0.1, 0.15) is 6.61 Å². The summed E-state index contributed by atoms with van der Waals surface area (Å²) in [6.07, 6.45) is 4.62. The van der Waals surface area contributed by atoms with E-state index < -0.39 is 12.5 Å². The quantitative estimate of drug-likeness (QED) is 0.247. The maximum atomic E-state index is 13.6. The van der Waals surface area contributed by atoms with Crippen LogP contribution in [0, 0.1) is 0 Å². The zero-order valence-corrected chi connectivity index (χ0v) is 23.7. The topological polar surface area (TPSA) is 114 Å². The zero-order valence-electron chi connectivity index (χ0n) is 23.7. The van der Waals surface area contributed by atoms with Crippen LogP contribution in [0.15, 0.2) is 67.5 Å². The molecule has 13 heteroatoms. The summed E-state index contributed by atoms with van der Waals surface area (Å²) in [5.41, 5.74) is 3.33. The summed E-state index contributed by atoms with van der Waals surface area (Å²) in [7, 11) is 3.66. The van der Waals surface area contributed by atoms with Crippen LogP contribution in [0.4, 0.5) is 31.8 Å². The number of hydrogen-bond donors (Lipinski definition) is 2. The van der Waals surface area contributed by atoms with E-state index in [0.717, 1.165) is 22.5 Å². The van der Waals surface area contributed by atoms with Gasteiger partial charge in [-0.25, -0.2) is 9.97 Å². The molecular formula is C30H31F2N7O4. The highest BCUT2D eigenvalue weighted by Crippen LogP contribution is 2.39. The number of benzene rings is 2. The lowest BCUT2D eigenvalue weighted by atomic mass is 10.1. The maximum Gasteiger partial charge on any atom is 0.387 e. The molecule has 2 aromatic heterocycles. The van der Waals surface area contributed by atoms with Gasteiger partial charge in [-0.1, -0.05) is 24.8 Å². The summed E-state index contributed by atoms with van der Waals surface area (Å²) in [5, 5.41) is 6.71. The van der Waals surface area contributed by atoms with Crippen LogP contribution >= 0.6 is 0 Å². The van der Waals surface area contributed by atoms with Crippen LogP contribution in [0.3, 0.4) is 0 Å². The lowest BCUT2D eigenvalue weighted by molar-refractivity contribution is -0.142. The van der Waals surface area contributed by atoms with E-state index in [9.17, 15) is 18.4 Å². The molecule has 3 heterocycles. The smallest absolute Gasteiger partial charge is 0.387 e. The summed E-state index contributed by atoms with van der Waals surface area (Å²) in [4.78, 5) is 36.8. The normalized spacial score (nSPS) is 13.3. The van der Waals surface area contributed by atoms with Gasteiger partial charge in [0, 0.05) is 68.7 Å². The Kier molecular flexibility index (Phi) is 8.81. The monoisotopic (exact) mass is 591 g/mol. The summed E-state index contributed by atoms with van der Waals surface area (Å²) in [5.74, 6) is -0.680. The molecule has 5 rings (SSSR count). The number of carbonyl (C=O) groups excluding carboxylic acids is 2. The van der Waals surface area contributed by atoms with E-state index in [1.807, 2.05) is 42.1 Å². The molecule has 0 unspecified atom stereocenters. The lowest BCUT2D eigenvalue weighted by Gasteiger charge is -2.30. The minimum absolute atomic E-state index is 0.0147. The predicted molar refractivity (Wildman–Crippen MR) is 160 cm³/mol. The van der Waals surface area contributed by atoms with E-state index in [-0.39, 0.29) is 29.9 Å². The lowest BCUT2D eigenvalue weighted by Crippen LogP contribution is -2.45. The van der Waals surface area contributed by atoms with Crippen molar-refractivity contribution in [3.63, 3.8) is 0 Å². The molecule has 1 aliphatic heterocycles. The highest BCUT2D eigenvalue weighted by Gasteiger charge is 2.22. The summed E-state index contributed by atoms with van der Waals surface area (Å²) in [6.45, 7) is 2.00. The largest absolute Gasteiger partial charge is 0.433 e. The number of para-hydroxylation sites is 1. The fourth-order valence-electron chi connectivity index (χ4n) is 4.87. The summed E-state index contributed by atoms with van der Waals surface area (Å²) in [6, 6.07) is 12.5. The number of nitrogens with zero attached hydrogens (tertiary/aromatic N) is 5. The molecular weight excluding hydrogens is 560 g/mol. The van der Waals surface area contributed by atoms with Gasteiger partial charge in [0.15, 0.2) is 5.75 Å². The van der Waals surface area contributed by atoms with E-state index in [1.54, 1.807) is 29.1 Å². The Morgan fingerprint density at radius 3 is 2.84 bits per heavy atom. The van der Waals surface area contributed by atoms with Gasteiger partial charge in [-0.3, -0.25) is 9.59 Å². The number of nitrogens with one attached hydrogen (secondary N) is 2. The molecule has 0 atom stereocenters. The number of amides is 2. The molecule has 4 aromatic rings. The third-order valence-corrected chi connectivity index (χ3v) is 7.03. The molecule has 0 aliphatic carbocycles. The first-order valence-corrected chi connectivity index (χ1v) is 13.5. The van der Waals surface area contributed by atoms with E-state index in [4.69, 9.17) is 9.47 Å². The van der Waals surface area contributed by atoms with Gasteiger partial charge in [-0.15, -0.1) is 0 Å². The minimum Gasteiger partial charge on any atom is -0.433 e. The molecule has 2 aromatic carbocycles. The van der Waals surface area contributed by atoms with Crippen molar-refractivity contribution >= 4 is 45.7 Å². The molecule has 2 amide bonds. The number of hydrogen-bond acceptors (Lipinski definition) is 8. The molecule has 43 heavy (non-hydrogen) atoms. The standard InChI is InChI=1S/C30H31F2N7O4/c1-4-27(40)34-22-15-23(26(43-29(31)32)16-25(22)37(2)11-12-39-13-14-42-18-28(39)41)36-30-33-10-9-21(35-30)20-17-38(3)24-8-6-5-7-19(20)24/h4-10,15-17,29H,1,11-14,18H2,2-3H3,(H,34,40)(H,33,35,36). The first-order valence-electron chi connectivity index (χ1n) is 13.5. The highest BCUT2D eigenvalue weighted by molar-refractivity contribution is 6.02. The van der Waals surface area contributed by atoms with Crippen LogP contribution in [-0.4, -0.2) is 77.8 Å².